The Morgan fingerprint density at radius 1 is 1.15 bits per heavy atom. The van der Waals surface area contributed by atoms with E-state index in [4.69, 9.17) is 9.84 Å². The van der Waals surface area contributed by atoms with Crippen LogP contribution in [0.4, 0.5) is 5.69 Å². The van der Waals surface area contributed by atoms with Crippen LogP contribution in [0.15, 0.2) is 60.7 Å². The van der Waals surface area contributed by atoms with Crippen molar-refractivity contribution in [1.29, 1.82) is 0 Å². The molecule has 0 saturated heterocycles. The fourth-order valence-corrected chi connectivity index (χ4v) is 4.26. The number of aryl methyl sites for hydroxylation is 1. The summed E-state index contributed by atoms with van der Waals surface area (Å²) in [6.45, 7) is 5.16. The van der Waals surface area contributed by atoms with Crippen molar-refractivity contribution in [2.45, 2.75) is 38.8 Å². The van der Waals surface area contributed by atoms with Crippen LogP contribution in [0.2, 0.25) is 0 Å². The number of carbonyl (C=O) groups is 2. The van der Waals surface area contributed by atoms with Gasteiger partial charge in [-0.3, -0.25) is 19.2 Å². The summed E-state index contributed by atoms with van der Waals surface area (Å²) in [4.78, 5) is 28.9. The Morgan fingerprint density at radius 3 is 2.67 bits per heavy atom. The van der Waals surface area contributed by atoms with Crippen molar-refractivity contribution in [3.8, 4) is 11.3 Å². The fourth-order valence-electron chi connectivity index (χ4n) is 4.26. The van der Waals surface area contributed by atoms with E-state index >= 15 is 0 Å². The SMILES string of the molecule is CCc1cccc(N2C(=O)c3cc(-c4ccccc4)nn3C[C@]2(C)C(=O)NCCCOC)c1. The van der Waals surface area contributed by atoms with Gasteiger partial charge in [-0.15, -0.1) is 0 Å². The average molecular weight is 447 g/mol. The third kappa shape index (κ3) is 4.41. The molecule has 172 valence electrons. The number of hydrogen-bond donors (Lipinski definition) is 1. The molecule has 0 saturated carbocycles. The number of nitrogens with zero attached hydrogens (tertiary/aromatic N) is 3. The predicted molar refractivity (Wildman–Crippen MR) is 128 cm³/mol. The van der Waals surface area contributed by atoms with Crippen LogP contribution >= 0.6 is 0 Å². The van der Waals surface area contributed by atoms with Crippen molar-refractivity contribution in [2.75, 3.05) is 25.2 Å². The Kier molecular flexibility index (Phi) is 6.60. The molecular weight excluding hydrogens is 416 g/mol. The maximum absolute atomic E-state index is 13.8. The minimum atomic E-state index is -1.14. The smallest absolute Gasteiger partial charge is 0.277 e. The molecule has 2 amide bonds. The van der Waals surface area contributed by atoms with Gasteiger partial charge in [0.15, 0.2) is 0 Å². The Bertz CT molecular complexity index is 1140. The van der Waals surface area contributed by atoms with Gasteiger partial charge in [0.2, 0.25) is 5.91 Å². The third-order valence-corrected chi connectivity index (χ3v) is 6.10. The molecule has 1 aliphatic heterocycles. The van der Waals surface area contributed by atoms with Gasteiger partial charge in [-0.1, -0.05) is 49.4 Å². The molecule has 0 radical (unpaired) electrons. The first-order valence-electron chi connectivity index (χ1n) is 11.3. The molecule has 7 heteroatoms. The highest BCUT2D eigenvalue weighted by Gasteiger charge is 2.48. The molecule has 4 rings (SSSR count). The summed E-state index contributed by atoms with van der Waals surface area (Å²) in [6, 6.07) is 19.4. The number of fused-ring (bicyclic) bond motifs is 1. The second-order valence-electron chi connectivity index (χ2n) is 8.48. The van der Waals surface area contributed by atoms with E-state index in [1.807, 2.05) is 67.6 Å². The van der Waals surface area contributed by atoms with Gasteiger partial charge in [0.1, 0.15) is 11.2 Å². The highest BCUT2D eigenvalue weighted by molar-refractivity contribution is 6.12. The quantitative estimate of drug-likeness (QED) is 0.536. The monoisotopic (exact) mass is 446 g/mol. The molecule has 0 spiro atoms. The molecule has 1 aromatic heterocycles. The van der Waals surface area contributed by atoms with Crippen molar-refractivity contribution in [2.24, 2.45) is 0 Å². The van der Waals surface area contributed by atoms with Gasteiger partial charge >= 0.3 is 0 Å². The average Bonchev–Trinajstić information content (AvgIpc) is 3.26. The summed E-state index contributed by atoms with van der Waals surface area (Å²) in [7, 11) is 1.63. The molecule has 7 nitrogen and oxygen atoms in total. The molecule has 0 fully saturated rings. The van der Waals surface area contributed by atoms with Crippen LogP contribution in [0.3, 0.4) is 0 Å². The molecule has 33 heavy (non-hydrogen) atoms. The Balaban J connectivity index is 1.75. The van der Waals surface area contributed by atoms with Gasteiger partial charge in [-0.2, -0.15) is 5.10 Å². The van der Waals surface area contributed by atoms with Crippen LogP contribution < -0.4 is 10.2 Å². The molecule has 0 bridgehead atoms. The highest BCUT2D eigenvalue weighted by atomic mass is 16.5. The lowest BCUT2D eigenvalue weighted by Gasteiger charge is -2.43. The van der Waals surface area contributed by atoms with E-state index in [1.54, 1.807) is 16.7 Å². The number of ether oxygens (including phenoxy) is 1. The molecule has 2 heterocycles. The second-order valence-corrected chi connectivity index (χ2v) is 8.48. The number of rotatable bonds is 8. The lowest BCUT2D eigenvalue weighted by atomic mass is 9.93. The molecule has 1 aliphatic rings. The summed E-state index contributed by atoms with van der Waals surface area (Å²) in [5.41, 5.74) is 2.79. The Hall–Kier alpha value is -3.45. The zero-order valence-electron chi connectivity index (χ0n) is 19.4. The number of carbonyl (C=O) groups excluding carboxylic acids is 2. The molecule has 0 unspecified atom stereocenters. The van der Waals surface area contributed by atoms with Gasteiger partial charge in [0.25, 0.3) is 5.91 Å². The first-order valence-corrected chi connectivity index (χ1v) is 11.3. The van der Waals surface area contributed by atoms with Gasteiger partial charge < -0.3 is 10.1 Å². The number of aromatic nitrogens is 2. The van der Waals surface area contributed by atoms with Crippen molar-refractivity contribution in [1.82, 2.24) is 15.1 Å². The van der Waals surface area contributed by atoms with Gasteiger partial charge in [0, 0.05) is 31.5 Å². The van der Waals surface area contributed by atoms with Crippen LogP contribution in [-0.4, -0.2) is 47.4 Å². The maximum atomic E-state index is 13.8. The van der Waals surface area contributed by atoms with Gasteiger partial charge in [-0.05, 0) is 43.5 Å². The number of hydrogen-bond acceptors (Lipinski definition) is 4. The molecule has 2 aromatic carbocycles. The summed E-state index contributed by atoms with van der Waals surface area (Å²) >= 11 is 0. The number of amides is 2. The van der Waals surface area contributed by atoms with E-state index < -0.39 is 5.54 Å². The molecular formula is C26H30N4O3. The van der Waals surface area contributed by atoms with Crippen molar-refractivity contribution in [3.63, 3.8) is 0 Å². The van der Waals surface area contributed by atoms with Crippen molar-refractivity contribution >= 4 is 17.5 Å². The highest BCUT2D eigenvalue weighted by Crippen LogP contribution is 2.34. The summed E-state index contributed by atoms with van der Waals surface area (Å²) in [6.07, 6.45) is 1.54. The van der Waals surface area contributed by atoms with E-state index in [2.05, 4.69) is 12.2 Å². The number of nitrogens with one attached hydrogen (secondary N) is 1. The number of benzene rings is 2. The first-order chi connectivity index (χ1) is 16.0. The number of methoxy groups -OCH3 is 1. The van der Waals surface area contributed by atoms with Gasteiger partial charge in [0.05, 0.1) is 12.2 Å². The zero-order valence-corrected chi connectivity index (χ0v) is 19.4. The predicted octanol–water partition coefficient (Wildman–Crippen LogP) is 3.68. The molecule has 1 atom stereocenters. The fraction of sp³-hybridized carbons (Fsp3) is 0.346. The van der Waals surface area contributed by atoms with E-state index in [-0.39, 0.29) is 18.4 Å². The molecule has 1 N–H and O–H groups in total. The largest absolute Gasteiger partial charge is 0.385 e. The lowest BCUT2D eigenvalue weighted by Crippen LogP contribution is -2.64. The van der Waals surface area contributed by atoms with Gasteiger partial charge in [-0.25, -0.2) is 0 Å². The molecule has 3 aromatic rings. The van der Waals surface area contributed by atoms with E-state index in [0.717, 1.165) is 17.5 Å². The topological polar surface area (TPSA) is 76.5 Å². The Labute approximate surface area is 194 Å². The first kappa shape index (κ1) is 22.7. The summed E-state index contributed by atoms with van der Waals surface area (Å²) < 4.78 is 6.75. The van der Waals surface area contributed by atoms with Crippen molar-refractivity contribution < 1.29 is 14.3 Å². The van der Waals surface area contributed by atoms with Crippen LogP contribution in [0.1, 0.15) is 36.3 Å². The number of anilines is 1. The van der Waals surface area contributed by atoms with E-state index in [9.17, 15) is 9.59 Å². The normalized spacial score (nSPS) is 17.7. The minimum Gasteiger partial charge on any atom is -0.385 e. The third-order valence-electron chi connectivity index (χ3n) is 6.10. The lowest BCUT2D eigenvalue weighted by molar-refractivity contribution is -0.126. The minimum absolute atomic E-state index is 0.212. The second kappa shape index (κ2) is 9.58. The van der Waals surface area contributed by atoms with Crippen LogP contribution in [0.25, 0.3) is 11.3 Å². The maximum Gasteiger partial charge on any atom is 0.277 e. The standard InChI is InChI=1S/C26H30N4O3/c1-4-19-10-8-13-21(16-19)30-24(31)23-17-22(20-11-6-5-7-12-20)28-29(23)18-26(30,2)25(32)27-14-9-15-33-3/h5-8,10-13,16-17H,4,9,14-15,18H2,1-3H3,(H,27,32)/t26-/m1/s1. The van der Waals surface area contributed by atoms with Crippen LogP contribution in [-0.2, 0) is 22.5 Å². The van der Waals surface area contributed by atoms with Crippen LogP contribution in [0, 0.1) is 0 Å². The zero-order chi connectivity index (χ0) is 23.4. The van der Waals surface area contributed by atoms with E-state index in [1.165, 1.54) is 0 Å². The van der Waals surface area contributed by atoms with Crippen molar-refractivity contribution in [3.05, 3.63) is 71.9 Å². The Morgan fingerprint density at radius 2 is 1.94 bits per heavy atom. The van der Waals surface area contributed by atoms with Crippen LogP contribution in [0.5, 0.6) is 0 Å². The van der Waals surface area contributed by atoms with E-state index in [0.29, 0.717) is 36.6 Å². The molecule has 0 aliphatic carbocycles. The summed E-state index contributed by atoms with van der Waals surface area (Å²) in [5, 5.41) is 7.68. The summed E-state index contributed by atoms with van der Waals surface area (Å²) in [5.74, 6) is -0.449.